The Balaban J connectivity index is 1.32. The number of hydrogen-bond acceptors (Lipinski definition) is 5. The molecule has 31 heavy (non-hydrogen) atoms. The van der Waals surface area contributed by atoms with Gasteiger partial charge >= 0.3 is 0 Å². The maximum Gasteiger partial charge on any atom is 0.254 e. The Hall–Kier alpha value is -2.28. The molecule has 170 valence electrons. The zero-order chi connectivity index (χ0) is 22.0. The lowest BCUT2D eigenvalue weighted by Crippen LogP contribution is -2.53. The minimum Gasteiger partial charge on any atom is -0.497 e. The van der Waals surface area contributed by atoms with Gasteiger partial charge in [-0.15, -0.1) is 0 Å². The van der Waals surface area contributed by atoms with E-state index in [0.717, 1.165) is 58.3 Å². The second kappa shape index (κ2) is 9.07. The summed E-state index contributed by atoms with van der Waals surface area (Å²) in [7, 11) is 3.18. The first-order valence-electron chi connectivity index (χ1n) is 11.5. The Morgan fingerprint density at radius 3 is 2.03 bits per heavy atom. The molecule has 0 aromatic heterocycles. The van der Waals surface area contributed by atoms with E-state index in [4.69, 9.17) is 15.2 Å². The molecule has 1 saturated carbocycles. The Morgan fingerprint density at radius 2 is 1.55 bits per heavy atom. The normalized spacial score (nSPS) is 22.2. The van der Waals surface area contributed by atoms with Crippen molar-refractivity contribution >= 4 is 11.8 Å². The molecule has 1 aliphatic carbocycles. The summed E-state index contributed by atoms with van der Waals surface area (Å²) in [5.74, 6) is 1.87. The number of amides is 2. The van der Waals surface area contributed by atoms with Gasteiger partial charge in [0.2, 0.25) is 5.91 Å². The highest BCUT2D eigenvalue weighted by Crippen LogP contribution is 2.46. The van der Waals surface area contributed by atoms with Crippen LogP contribution in [0.5, 0.6) is 11.5 Å². The fourth-order valence-electron chi connectivity index (χ4n) is 5.29. The minimum atomic E-state index is -0.292. The summed E-state index contributed by atoms with van der Waals surface area (Å²) in [6, 6.07) is 5.78. The Bertz CT molecular complexity index is 785. The summed E-state index contributed by atoms with van der Waals surface area (Å²) in [5.41, 5.74) is 6.14. The molecule has 0 radical (unpaired) electrons. The fourth-order valence-corrected chi connectivity index (χ4v) is 5.29. The van der Waals surface area contributed by atoms with E-state index in [-0.39, 0.29) is 17.2 Å². The lowest BCUT2D eigenvalue weighted by molar-refractivity contribution is -0.132. The molecule has 2 N–H and O–H groups in total. The van der Waals surface area contributed by atoms with Crippen molar-refractivity contribution in [1.29, 1.82) is 0 Å². The highest BCUT2D eigenvalue weighted by atomic mass is 16.5. The van der Waals surface area contributed by atoms with Gasteiger partial charge in [-0.2, -0.15) is 0 Å². The Labute approximate surface area is 184 Å². The number of primary amides is 1. The quantitative estimate of drug-likeness (QED) is 0.720. The lowest BCUT2D eigenvalue weighted by atomic mass is 9.73. The number of benzene rings is 1. The Morgan fingerprint density at radius 1 is 0.968 bits per heavy atom. The van der Waals surface area contributed by atoms with Crippen molar-refractivity contribution in [3.05, 3.63) is 23.8 Å². The number of rotatable bonds is 7. The van der Waals surface area contributed by atoms with Gasteiger partial charge in [-0.05, 0) is 63.2 Å². The van der Waals surface area contributed by atoms with Crippen LogP contribution in [0.1, 0.15) is 55.3 Å². The van der Waals surface area contributed by atoms with Crippen LogP contribution in [0.15, 0.2) is 18.2 Å². The lowest BCUT2D eigenvalue weighted by Gasteiger charge is -2.45. The highest BCUT2D eigenvalue weighted by molar-refractivity contribution is 5.95. The van der Waals surface area contributed by atoms with Crippen molar-refractivity contribution in [1.82, 2.24) is 9.80 Å². The molecule has 1 aromatic rings. The Kier molecular flexibility index (Phi) is 6.42. The first-order valence-corrected chi connectivity index (χ1v) is 11.5. The van der Waals surface area contributed by atoms with Crippen LogP contribution in [0.4, 0.5) is 0 Å². The van der Waals surface area contributed by atoms with Crippen molar-refractivity contribution in [2.75, 3.05) is 40.4 Å². The van der Waals surface area contributed by atoms with Gasteiger partial charge in [0.05, 0.1) is 19.6 Å². The van der Waals surface area contributed by atoms with Gasteiger partial charge in [0.15, 0.2) is 0 Å². The van der Waals surface area contributed by atoms with Crippen molar-refractivity contribution in [2.24, 2.45) is 17.1 Å². The van der Waals surface area contributed by atoms with E-state index in [1.54, 1.807) is 32.4 Å². The van der Waals surface area contributed by atoms with Crippen molar-refractivity contribution in [3.8, 4) is 11.5 Å². The number of carbonyl (C=O) groups excluding carboxylic acids is 2. The maximum atomic E-state index is 13.0. The molecule has 1 aromatic carbocycles. The van der Waals surface area contributed by atoms with Crippen LogP contribution in [0.3, 0.4) is 0 Å². The second-order valence-electron chi connectivity index (χ2n) is 9.45. The van der Waals surface area contributed by atoms with Gasteiger partial charge in [0.25, 0.3) is 5.91 Å². The zero-order valence-corrected chi connectivity index (χ0v) is 18.8. The molecule has 2 aliphatic heterocycles. The van der Waals surface area contributed by atoms with Crippen LogP contribution >= 0.6 is 0 Å². The van der Waals surface area contributed by atoms with Crippen LogP contribution in [0.25, 0.3) is 0 Å². The number of likely N-dealkylation sites (tertiary alicyclic amines) is 2. The fraction of sp³-hybridized carbons (Fsp3) is 0.667. The molecule has 4 rings (SSSR count). The third-order valence-corrected chi connectivity index (χ3v) is 7.52. The molecule has 3 fully saturated rings. The van der Waals surface area contributed by atoms with Gasteiger partial charge in [-0.3, -0.25) is 9.59 Å². The largest absolute Gasteiger partial charge is 0.497 e. The van der Waals surface area contributed by atoms with Crippen molar-refractivity contribution in [3.63, 3.8) is 0 Å². The molecule has 2 amide bonds. The van der Waals surface area contributed by atoms with Crippen molar-refractivity contribution in [2.45, 2.75) is 51.0 Å². The molecule has 7 nitrogen and oxygen atoms in total. The summed E-state index contributed by atoms with van der Waals surface area (Å²) in [6.07, 6.45) is 7.16. The second-order valence-corrected chi connectivity index (χ2v) is 9.45. The molecular formula is C24H35N3O4. The van der Waals surface area contributed by atoms with E-state index in [9.17, 15) is 9.59 Å². The van der Waals surface area contributed by atoms with Crippen molar-refractivity contribution < 1.29 is 19.1 Å². The minimum absolute atomic E-state index is 0.0199. The van der Waals surface area contributed by atoms with Gasteiger partial charge in [-0.25, -0.2) is 0 Å². The molecule has 3 aliphatic rings. The SMILES string of the molecule is COc1cc(OC)cc(C(=O)N2CCC(N3CCC(CC4CC4)(C(N)=O)CC3)CC2)c1. The number of carbonyl (C=O) groups is 2. The smallest absolute Gasteiger partial charge is 0.254 e. The molecule has 2 heterocycles. The summed E-state index contributed by atoms with van der Waals surface area (Å²) in [6.45, 7) is 3.34. The van der Waals surface area contributed by atoms with E-state index in [1.807, 2.05) is 4.90 Å². The molecule has 2 saturated heterocycles. The third kappa shape index (κ3) is 4.81. The highest BCUT2D eigenvalue weighted by Gasteiger charge is 2.44. The number of nitrogens with zero attached hydrogens (tertiary/aromatic N) is 2. The predicted molar refractivity (Wildman–Crippen MR) is 118 cm³/mol. The first kappa shape index (κ1) is 21.9. The number of piperidine rings is 2. The van der Waals surface area contributed by atoms with Crippen LogP contribution in [-0.2, 0) is 4.79 Å². The van der Waals surface area contributed by atoms with Gasteiger partial charge in [0, 0.05) is 30.8 Å². The van der Waals surface area contributed by atoms with E-state index in [2.05, 4.69) is 4.90 Å². The molecule has 0 spiro atoms. The van der Waals surface area contributed by atoms with Crippen LogP contribution in [0.2, 0.25) is 0 Å². The number of methoxy groups -OCH3 is 2. The average molecular weight is 430 g/mol. The summed E-state index contributed by atoms with van der Waals surface area (Å²) < 4.78 is 10.6. The molecule has 0 bridgehead atoms. The van der Waals surface area contributed by atoms with Crippen LogP contribution in [-0.4, -0.2) is 68.1 Å². The first-order chi connectivity index (χ1) is 14.9. The van der Waals surface area contributed by atoms with E-state index in [1.165, 1.54) is 12.8 Å². The molecular weight excluding hydrogens is 394 g/mol. The predicted octanol–water partition coefficient (Wildman–Crippen LogP) is 2.68. The maximum absolute atomic E-state index is 13.0. The van der Waals surface area contributed by atoms with Crippen LogP contribution < -0.4 is 15.2 Å². The summed E-state index contributed by atoms with van der Waals surface area (Å²) >= 11 is 0. The van der Waals surface area contributed by atoms with E-state index < -0.39 is 0 Å². The van der Waals surface area contributed by atoms with Crippen LogP contribution in [0, 0.1) is 11.3 Å². The summed E-state index contributed by atoms with van der Waals surface area (Å²) in [4.78, 5) is 29.7. The number of nitrogens with two attached hydrogens (primary N) is 1. The van der Waals surface area contributed by atoms with Gasteiger partial charge in [-0.1, -0.05) is 12.8 Å². The molecule has 0 atom stereocenters. The average Bonchev–Trinajstić information content (AvgIpc) is 3.62. The zero-order valence-electron chi connectivity index (χ0n) is 18.8. The standard InChI is InChI=1S/C24H35N3O4/c1-30-20-13-18(14-21(15-20)31-2)22(28)27-9-5-19(6-10-27)26-11-7-24(8-12-26,23(25)29)16-17-3-4-17/h13-15,17,19H,3-12,16H2,1-2H3,(H2,25,29). The molecule has 7 heteroatoms. The monoisotopic (exact) mass is 429 g/mol. The number of hydrogen-bond donors (Lipinski definition) is 1. The third-order valence-electron chi connectivity index (χ3n) is 7.52. The van der Waals surface area contributed by atoms with Gasteiger partial charge < -0.3 is 25.0 Å². The topological polar surface area (TPSA) is 85.1 Å². The van der Waals surface area contributed by atoms with E-state index >= 15 is 0 Å². The number of ether oxygens (including phenoxy) is 2. The van der Waals surface area contributed by atoms with E-state index in [0.29, 0.717) is 29.0 Å². The summed E-state index contributed by atoms with van der Waals surface area (Å²) in [5, 5.41) is 0. The van der Waals surface area contributed by atoms with Gasteiger partial charge in [0.1, 0.15) is 11.5 Å². The molecule has 0 unspecified atom stereocenters.